The highest BCUT2D eigenvalue weighted by Crippen LogP contribution is 2.17. The Kier molecular flexibility index (Phi) is 5.10. The molecule has 2 heterocycles. The zero-order valence-corrected chi connectivity index (χ0v) is 15.5. The number of hydrogen-bond donors (Lipinski definition) is 1. The van der Waals surface area contributed by atoms with E-state index in [9.17, 15) is 14.0 Å². The summed E-state index contributed by atoms with van der Waals surface area (Å²) >= 11 is 4.58. The lowest BCUT2D eigenvalue weighted by atomic mass is 10.2. The van der Waals surface area contributed by atoms with Gasteiger partial charge in [0.25, 0.3) is 5.56 Å². The second kappa shape index (κ2) is 7.28. The fourth-order valence-corrected chi connectivity index (χ4v) is 3.33. The van der Waals surface area contributed by atoms with Crippen LogP contribution in [0.4, 0.5) is 4.39 Å². The maximum Gasteiger partial charge on any atom is 0.268 e. The number of carbonyl (C=O) groups is 1. The Morgan fingerprint density at radius 3 is 3.04 bits per heavy atom. The highest BCUT2D eigenvalue weighted by molar-refractivity contribution is 9.10. The van der Waals surface area contributed by atoms with Crippen molar-refractivity contribution in [2.45, 2.75) is 6.54 Å². The third-order valence-corrected chi connectivity index (χ3v) is 4.89. The average molecular weight is 422 g/mol. The summed E-state index contributed by atoms with van der Waals surface area (Å²) in [5.41, 5.74) is 0.696. The molecule has 3 rings (SSSR count). The maximum atomic E-state index is 13.7. The molecule has 0 unspecified atom stereocenters. The van der Waals surface area contributed by atoms with Gasteiger partial charge in [0, 0.05) is 23.2 Å². The number of rotatable bonds is 4. The molecule has 0 bridgehead atoms. The summed E-state index contributed by atoms with van der Waals surface area (Å²) in [5.74, 6) is -0.343. The molecule has 8 heteroatoms. The van der Waals surface area contributed by atoms with Crippen LogP contribution in [0.2, 0.25) is 0 Å². The number of amides is 1. The summed E-state index contributed by atoms with van der Waals surface area (Å²) in [4.78, 5) is 32.5. The van der Waals surface area contributed by atoms with E-state index in [1.807, 2.05) is 0 Å². The smallest absolute Gasteiger partial charge is 0.268 e. The van der Waals surface area contributed by atoms with Crippen molar-refractivity contribution in [3.63, 3.8) is 0 Å². The fourth-order valence-electron chi connectivity index (χ4n) is 2.23. The topological polar surface area (TPSA) is 66.1 Å². The van der Waals surface area contributed by atoms with E-state index < -0.39 is 5.82 Å². The summed E-state index contributed by atoms with van der Waals surface area (Å²) in [6, 6.07) is 6.26. The molecule has 0 aliphatic carbocycles. The normalized spacial score (nSPS) is 11.3. The molecule has 0 aliphatic rings. The number of fused-ring (bicyclic) bond motifs is 1. The third-order valence-electron chi connectivity index (χ3n) is 3.49. The molecule has 0 aliphatic heterocycles. The summed E-state index contributed by atoms with van der Waals surface area (Å²) in [6.07, 6.45) is 2.70. The van der Waals surface area contributed by atoms with Gasteiger partial charge in [-0.2, -0.15) is 0 Å². The van der Waals surface area contributed by atoms with E-state index in [4.69, 9.17) is 0 Å². The van der Waals surface area contributed by atoms with Gasteiger partial charge in [-0.05, 0) is 35.7 Å². The first kappa shape index (κ1) is 17.5. The number of nitrogens with zero attached hydrogens (tertiary/aromatic N) is 2. The number of hydrogen-bond acceptors (Lipinski definition) is 4. The zero-order valence-electron chi connectivity index (χ0n) is 13.1. The number of aromatic amines is 1. The number of thiophene rings is 1. The summed E-state index contributed by atoms with van der Waals surface area (Å²) in [7, 11) is 1.59. The first-order valence-electron chi connectivity index (χ1n) is 7.28. The second-order valence-corrected chi connectivity index (χ2v) is 7.17. The monoisotopic (exact) mass is 421 g/mol. The van der Waals surface area contributed by atoms with Crippen molar-refractivity contribution in [2.24, 2.45) is 0 Å². The van der Waals surface area contributed by atoms with E-state index in [-0.39, 0.29) is 18.0 Å². The first-order chi connectivity index (χ1) is 11.9. The van der Waals surface area contributed by atoms with E-state index in [1.165, 1.54) is 34.5 Å². The second-order valence-electron chi connectivity index (χ2n) is 5.34. The SMILES string of the molecule is CN(Cc1nc2ccsc2c(=O)[nH]1)C(=O)/C=C/c1cc(Br)ccc1F. The van der Waals surface area contributed by atoms with E-state index in [0.29, 0.717) is 21.6 Å². The van der Waals surface area contributed by atoms with E-state index in [0.717, 1.165) is 4.47 Å². The van der Waals surface area contributed by atoms with Gasteiger partial charge in [0.2, 0.25) is 5.91 Å². The van der Waals surface area contributed by atoms with E-state index >= 15 is 0 Å². The minimum atomic E-state index is -0.413. The lowest BCUT2D eigenvalue weighted by Crippen LogP contribution is -2.26. The van der Waals surface area contributed by atoms with Gasteiger partial charge < -0.3 is 9.88 Å². The number of likely N-dealkylation sites (N-methyl/N-ethyl adjacent to an activating group) is 1. The van der Waals surface area contributed by atoms with Crippen LogP contribution >= 0.6 is 27.3 Å². The van der Waals surface area contributed by atoms with Crippen molar-refractivity contribution in [3.8, 4) is 0 Å². The standard InChI is InChI=1S/C17H13BrFN3O2S/c1-22(9-14-20-13-6-7-25-16(13)17(24)21-14)15(23)5-2-10-8-11(18)3-4-12(10)19/h2-8H,9H2,1H3,(H,20,21,24)/b5-2+. The molecule has 1 aromatic carbocycles. The molecule has 128 valence electrons. The first-order valence-corrected chi connectivity index (χ1v) is 8.96. The quantitative estimate of drug-likeness (QED) is 0.654. The molecule has 0 saturated heterocycles. The largest absolute Gasteiger partial charge is 0.335 e. The molecule has 0 saturated carbocycles. The molecule has 2 aromatic heterocycles. The fraction of sp³-hybridized carbons (Fsp3) is 0.118. The molecule has 0 atom stereocenters. The lowest BCUT2D eigenvalue weighted by Gasteiger charge is -2.14. The molecular formula is C17H13BrFN3O2S. The highest BCUT2D eigenvalue weighted by atomic mass is 79.9. The number of H-pyrrole nitrogens is 1. The predicted octanol–water partition coefficient (Wildman–Crippen LogP) is 3.56. The number of halogens is 2. The summed E-state index contributed by atoms with van der Waals surface area (Å²) in [6.45, 7) is 0.144. The van der Waals surface area contributed by atoms with E-state index in [1.54, 1.807) is 30.6 Å². The number of benzene rings is 1. The Bertz CT molecular complexity index is 1030. The van der Waals surface area contributed by atoms with Crippen LogP contribution < -0.4 is 5.56 Å². The van der Waals surface area contributed by atoms with Crippen LogP contribution in [0.1, 0.15) is 11.4 Å². The summed E-state index contributed by atoms with van der Waals surface area (Å²) < 4.78 is 15.0. The van der Waals surface area contributed by atoms with Crippen LogP contribution in [0.15, 0.2) is 45.0 Å². The number of carbonyl (C=O) groups excluding carboxylic acids is 1. The van der Waals surface area contributed by atoms with Gasteiger partial charge in [0.05, 0.1) is 12.1 Å². The summed E-state index contributed by atoms with van der Waals surface area (Å²) in [5, 5.41) is 1.79. The van der Waals surface area contributed by atoms with Gasteiger partial charge in [0.1, 0.15) is 16.3 Å². The van der Waals surface area contributed by atoms with Crippen molar-refractivity contribution in [1.29, 1.82) is 0 Å². The van der Waals surface area contributed by atoms with Crippen molar-refractivity contribution in [1.82, 2.24) is 14.9 Å². The zero-order chi connectivity index (χ0) is 18.0. The molecular weight excluding hydrogens is 409 g/mol. The lowest BCUT2D eigenvalue weighted by molar-refractivity contribution is -0.125. The molecule has 0 fully saturated rings. The molecule has 3 aromatic rings. The Morgan fingerprint density at radius 1 is 1.44 bits per heavy atom. The van der Waals surface area contributed by atoms with Crippen LogP contribution in [0.25, 0.3) is 16.3 Å². The van der Waals surface area contributed by atoms with Gasteiger partial charge in [-0.15, -0.1) is 11.3 Å². The van der Waals surface area contributed by atoms with Crippen molar-refractivity contribution >= 4 is 49.5 Å². The van der Waals surface area contributed by atoms with Gasteiger partial charge in [-0.3, -0.25) is 9.59 Å². The van der Waals surface area contributed by atoms with Crippen LogP contribution in [0.5, 0.6) is 0 Å². The Balaban J connectivity index is 1.74. The minimum Gasteiger partial charge on any atom is -0.335 e. The Hall–Kier alpha value is -2.32. The van der Waals surface area contributed by atoms with Crippen molar-refractivity contribution in [3.05, 3.63) is 67.8 Å². The molecule has 1 amide bonds. The maximum absolute atomic E-state index is 13.7. The molecule has 25 heavy (non-hydrogen) atoms. The minimum absolute atomic E-state index is 0.144. The molecule has 0 radical (unpaired) electrons. The molecule has 5 nitrogen and oxygen atoms in total. The Morgan fingerprint density at radius 2 is 2.24 bits per heavy atom. The van der Waals surface area contributed by atoms with Crippen LogP contribution in [-0.4, -0.2) is 27.8 Å². The van der Waals surface area contributed by atoms with Gasteiger partial charge in [0.15, 0.2) is 0 Å². The highest BCUT2D eigenvalue weighted by Gasteiger charge is 2.10. The number of aromatic nitrogens is 2. The number of nitrogens with one attached hydrogen (secondary N) is 1. The third kappa shape index (κ3) is 4.02. The Labute approximate surface area is 155 Å². The van der Waals surface area contributed by atoms with E-state index in [2.05, 4.69) is 25.9 Å². The predicted molar refractivity (Wildman–Crippen MR) is 99.8 cm³/mol. The van der Waals surface area contributed by atoms with Crippen molar-refractivity contribution < 1.29 is 9.18 Å². The molecule has 1 N–H and O–H groups in total. The van der Waals surface area contributed by atoms with Gasteiger partial charge in [-0.25, -0.2) is 9.37 Å². The van der Waals surface area contributed by atoms with Crippen molar-refractivity contribution in [2.75, 3.05) is 7.05 Å². The van der Waals surface area contributed by atoms with Crippen LogP contribution in [-0.2, 0) is 11.3 Å². The molecule has 0 spiro atoms. The van der Waals surface area contributed by atoms with Crippen LogP contribution in [0.3, 0.4) is 0 Å². The van der Waals surface area contributed by atoms with Gasteiger partial charge in [-0.1, -0.05) is 15.9 Å². The average Bonchev–Trinajstić information content (AvgIpc) is 3.04. The van der Waals surface area contributed by atoms with Crippen LogP contribution in [0, 0.1) is 5.82 Å². The van der Waals surface area contributed by atoms with Gasteiger partial charge >= 0.3 is 0 Å².